The molecule has 26 heavy (non-hydrogen) atoms. The van der Waals surface area contributed by atoms with Crippen molar-refractivity contribution >= 4 is 22.4 Å². The molecule has 0 spiro atoms. The SMILES string of the molecule is Cc1ccc(-c2nn(-c3ccccc3)cc2C(=O)Nc2ncc(C)s2)o1. The number of anilines is 1. The van der Waals surface area contributed by atoms with E-state index in [0.29, 0.717) is 22.1 Å². The largest absolute Gasteiger partial charge is 0.460 e. The molecule has 0 aliphatic heterocycles. The highest BCUT2D eigenvalue weighted by molar-refractivity contribution is 7.15. The van der Waals surface area contributed by atoms with E-state index in [-0.39, 0.29) is 5.91 Å². The maximum absolute atomic E-state index is 12.8. The Labute approximate surface area is 154 Å². The lowest BCUT2D eigenvalue weighted by Crippen LogP contribution is -2.11. The standard InChI is InChI=1S/C19H16N4O2S/c1-12-8-9-16(25-12)17-15(18(24)21-19-20-10-13(2)26-19)11-23(22-17)14-6-4-3-5-7-14/h3-11H,1-2H3,(H,20,21,24). The fourth-order valence-corrected chi connectivity index (χ4v) is 3.23. The molecule has 3 heterocycles. The molecule has 4 aromatic rings. The number of rotatable bonds is 4. The Balaban J connectivity index is 1.76. The maximum Gasteiger partial charge on any atom is 0.261 e. The number of nitrogens with zero attached hydrogens (tertiary/aromatic N) is 3. The molecule has 0 unspecified atom stereocenters. The van der Waals surface area contributed by atoms with Crippen molar-refractivity contribution in [2.75, 3.05) is 5.32 Å². The Kier molecular flexibility index (Phi) is 4.14. The summed E-state index contributed by atoms with van der Waals surface area (Å²) in [5, 5.41) is 7.97. The van der Waals surface area contributed by atoms with Gasteiger partial charge in [-0.05, 0) is 38.1 Å². The first-order valence-electron chi connectivity index (χ1n) is 8.06. The van der Waals surface area contributed by atoms with Crippen LogP contribution >= 0.6 is 11.3 Å². The van der Waals surface area contributed by atoms with Crippen LogP contribution in [0.2, 0.25) is 0 Å². The Hall–Kier alpha value is -3.19. The van der Waals surface area contributed by atoms with Gasteiger partial charge >= 0.3 is 0 Å². The van der Waals surface area contributed by atoms with Gasteiger partial charge in [-0.25, -0.2) is 9.67 Å². The third-order valence-corrected chi connectivity index (χ3v) is 4.62. The smallest absolute Gasteiger partial charge is 0.261 e. The zero-order valence-electron chi connectivity index (χ0n) is 14.3. The van der Waals surface area contributed by atoms with Crippen LogP contribution in [0.1, 0.15) is 21.0 Å². The Morgan fingerprint density at radius 1 is 1.15 bits per heavy atom. The van der Waals surface area contributed by atoms with Gasteiger partial charge in [0.1, 0.15) is 11.5 Å². The highest BCUT2D eigenvalue weighted by Gasteiger charge is 2.21. The molecule has 4 rings (SSSR count). The van der Waals surface area contributed by atoms with Gasteiger partial charge in [0.15, 0.2) is 10.9 Å². The first kappa shape index (κ1) is 16.3. The van der Waals surface area contributed by atoms with Crippen LogP contribution in [0, 0.1) is 13.8 Å². The van der Waals surface area contributed by atoms with Gasteiger partial charge in [0.25, 0.3) is 5.91 Å². The molecule has 0 saturated carbocycles. The van der Waals surface area contributed by atoms with Gasteiger partial charge in [0.05, 0.1) is 11.3 Å². The van der Waals surface area contributed by atoms with Crippen molar-refractivity contribution in [1.82, 2.24) is 14.8 Å². The van der Waals surface area contributed by atoms with Gasteiger partial charge in [0, 0.05) is 17.3 Å². The van der Waals surface area contributed by atoms with E-state index in [0.717, 1.165) is 16.3 Å². The molecular weight excluding hydrogens is 348 g/mol. The number of hydrogen-bond donors (Lipinski definition) is 1. The Morgan fingerprint density at radius 2 is 1.96 bits per heavy atom. The monoisotopic (exact) mass is 364 g/mol. The molecule has 0 aliphatic rings. The second kappa shape index (κ2) is 6.61. The van der Waals surface area contributed by atoms with Crippen molar-refractivity contribution in [2.45, 2.75) is 13.8 Å². The van der Waals surface area contributed by atoms with Crippen LogP contribution in [-0.4, -0.2) is 20.7 Å². The predicted octanol–water partition coefficient (Wildman–Crippen LogP) is 4.46. The molecular formula is C19H16N4O2S. The fourth-order valence-electron chi connectivity index (χ4n) is 2.57. The molecule has 0 saturated heterocycles. The minimum atomic E-state index is -0.273. The van der Waals surface area contributed by atoms with Gasteiger partial charge in [-0.3, -0.25) is 10.1 Å². The van der Waals surface area contributed by atoms with E-state index in [9.17, 15) is 4.79 Å². The molecule has 130 valence electrons. The second-order valence-corrected chi connectivity index (χ2v) is 7.05. The summed E-state index contributed by atoms with van der Waals surface area (Å²) in [4.78, 5) is 18.0. The molecule has 1 N–H and O–H groups in total. The molecule has 6 nitrogen and oxygen atoms in total. The van der Waals surface area contributed by atoms with Crippen molar-refractivity contribution in [2.24, 2.45) is 0 Å². The van der Waals surface area contributed by atoms with E-state index in [1.165, 1.54) is 11.3 Å². The minimum Gasteiger partial charge on any atom is -0.460 e. The van der Waals surface area contributed by atoms with Gasteiger partial charge < -0.3 is 4.42 Å². The van der Waals surface area contributed by atoms with E-state index in [4.69, 9.17) is 4.42 Å². The summed E-state index contributed by atoms with van der Waals surface area (Å²) >= 11 is 1.43. The quantitative estimate of drug-likeness (QED) is 0.580. The van der Waals surface area contributed by atoms with Crippen molar-refractivity contribution in [3.63, 3.8) is 0 Å². The van der Waals surface area contributed by atoms with Crippen LogP contribution in [0.5, 0.6) is 0 Å². The van der Waals surface area contributed by atoms with Gasteiger partial charge in [-0.15, -0.1) is 11.3 Å². The lowest BCUT2D eigenvalue weighted by atomic mass is 10.2. The number of hydrogen-bond acceptors (Lipinski definition) is 5. The van der Waals surface area contributed by atoms with E-state index in [1.807, 2.05) is 56.3 Å². The first-order valence-corrected chi connectivity index (χ1v) is 8.87. The van der Waals surface area contributed by atoms with E-state index >= 15 is 0 Å². The molecule has 1 amide bonds. The Bertz CT molecular complexity index is 1060. The van der Waals surface area contributed by atoms with Gasteiger partial charge in [0.2, 0.25) is 0 Å². The highest BCUT2D eigenvalue weighted by Crippen LogP contribution is 2.27. The van der Waals surface area contributed by atoms with Crippen LogP contribution in [0.25, 0.3) is 17.1 Å². The first-order chi connectivity index (χ1) is 12.6. The summed E-state index contributed by atoms with van der Waals surface area (Å²) in [5.41, 5.74) is 1.78. The topological polar surface area (TPSA) is 73.0 Å². The average molecular weight is 364 g/mol. The van der Waals surface area contributed by atoms with Crippen molar-refractivity contribution in [3.05, 3.63) is 71.1 Å². The number of amides is 1. The summed E-state index contributed by atoms with van der Waals surface area (Å²) in [6, 6.07) is 13.3. The summed E-state index contributed by atoms with van der Waals surface area (Å²) in [6.07, 6.45) is 3.43. The van der Waals surface area contributed by atoms with Gasteiger partial charge in [-0.1, -0.05) is 18.2 Å². The number of nitrogens with one attached hydrogen (secondary N) is 1. The average Bonchev–Trinajstić information content (AvgIpc) is 3.35. The van der Waals surface area contributed by atoms with Crippen LogP contribution in [0.3, 0.4) is 0 Å². The molecule has 0 atom stereocenters. The van der Waals surface area contributed by atoms with Crippen LogP contribution in [0.15, 0.2) is 59.3 Å². The minimum absolute atomic E-state index is 0.273. The van der Waals surface area contributed by atoms with Gasteiger partial charge in [-0.2, -0.15) is 5.10 Å². The number of aryl methyl sites for hydroxylation is 2. The number of thiazole rings is 1. The lowest BCUT2D eigenvalue weighted by molar-refractivity contribution is 0.102. The second-order valence-electron chi connectivity index (χ2n) is 5.81. The molecule has 0 bridgehead atoms. The van der Waals surface area contributed by atoms with Crippen molar-refractivity contribution in [1.29, 1.82) is 0 Å². The number of para-hydroxylation sites is 1. The number of carbonyl (C=O) groups excluding carboxylic acids is 1. The normalized spacial score (nSPS) is 10.8. The van der Waals surface area contributed by atoms with Crippen molar-refractivity contribution < 1.29 is 9.21 Å². The molecule has 0 aliphatic carbocycles. The maximum atomic E-state index is 12.8. The molecule has 3 aromatic heterocycles. The fraction of sp³-hybridized carbons (Fsp3) is 0.105. The summed E-state index contributed by atoms with van der Waals surface area (Å²) in [6.45, 7) is 3.80. The van der Waals surface area contributed by atoms with E-state index in [1.54, 1.807) is 17.1 Å². The number of carbonyl (C=O) groups is 1. The number of furan rings is 1. The zero-order valence-corrected chi connectivity index (χ0v) is 15.1. The summed E-state index contributed by atoms with van der Waals surface area (Å²) in [7, 11) is 0. The Morgan fingerprint density at radius 3 is 2.62 bits per heavy atom. The summed E-state index contributed by atoms with van der Waals surface area (Å²) < 4.78 is 7.37. The van der Waals surface area contributed by atoms with Crippen molar-refractivity contribution in [3.8, 4) is 17.1 Å². The molecule has 7 heteroatoms. The molecule has 1 aromatic carbocycles. The van der Waals surface area contributed by atoms with E-state index in [2.05, 4.69) is 15.4 Å². The number of aromatic nitrogens is 3. The lowest BCUT2D eigenvalue weighted by Gasteiger charge is -2.00. The highest BCUT2D eigenvalue weighted by atomic mass is 32.1. The van der Waals surface area contributed by atoms with E-state index < -0.39 is 0 Å². The predicted molar refractivity (Wildman–Crippen MR) is 101 cm³/mol. The zero-order chi connectivity index (χ0) is 18.1. The molecule has 0 radical (unpaired) electrons. The van der Waals surface area contributed by atoms with Crippen LogP contribution in [-0.2, 0) is 0 Å². The third-order valence-electron chi connectivity index (χ3n) is 3.80. The molecule has 0 fully saturated rings. The summed E-state index contributed by atoms with van der Waals surface area (Å²) in [5.74, 6) is 1.04. The van der Waals surface area contributed by atoms with Crippen LogP contribution in [0.4, 0.5) is 5.13 Å². The van der Waals surface area contributed by atoms with Crippen LogP contribution < -0.4 is 5.32 Å². The number of benzene rings is 1. The third kappa shape index (κ3) is 3.16.